The molecule has 2 aromatic rings. The first kappa shape index (κ1) is 26.7. The second-order valence-electron chi connectivity index (χ2n) is 8.61. The lowest BCUT2D eigenvalue weighted by Crippen LogP contribution is -2.35. The molecule has 1 saturated heterocycles. The van der Waals surface area contributed by atoms with Crippen molar-refractivity contribution in [2.24, 2.45) is 5.92 Å². The van der Waals surface area contributed by atoms with Gasteiger partial charge in [-0.1, -0.05) is 29.3 Å². The van der Waals surface area contributed by atoms with Gasteiger partial charge in [0.1, 0.15) is 4.90 Å². The molecule has 0 unspecified atom stereocenters. The predicted octanol–water partition coefficient (Wildman–Crippen LogP) is 4.60. The molecule has 7 nitrogen and oxygen atoms in total. The third kappa shape index (κ3) is 7.31. The summed E-state index contributed by atoms with van der Waals surface area (Å²) in [6, 6.07) is 8.69. The second-order valence-corrected chi connectivity index (χ2v) is 11.4. The highest BCUT2D eigenvalue weighted by molar-refractivity contribution is 7.89. The zero-order valence-electron chi connectivity index (χ0n) is 19.4. The van der Waals surface area contributed by atoms with Gasteiger partial charge >= 0.3 is 0 Å². The molecule has 0 aliphatic carbocycles. The van der Waals surface area contributed by atoms with E-state index in [4.69, 9.17) is 23.2 Å². The molecule has 0 bridgehead atoms. The second kappa shape index (κ2) is 12.7. The maximum atomic E-state index is 12.8. The summed E-state index contributed by atoms with van der Waals surface area (Å²) < 4.78 is 26.8. The Morgan fingerprint density at radius 2 is 1.76 bits per heavy atom. The van der Waals surface area contributed by atoms with Crippen molar-refractivity contribution in [2.75, 3.05) is 38.1 Å². The molecule has 3 rings (SSSR count). The fourth-order valence-corrected chi connectivity index (χ4v) is 6.46. The summed E-state index contributed by atoms with van der Waals surface area (Å²) in [4.78, 5) is 18.6. The van der Waals surface area contributed by atoms with Crippen LogP contribution in [0.2, 0.25) is 10.0 Å². The van der Waals surface area contributed by atoms with Gasteiger partial charge in [0.25, 0.3) is 0 Å². The molecule has 10 heteroatoms. The summed E-state index contributed by atoms with van der Waals surface area (Å²) in [5, 5.41) is 3.20. The van der Waals surface area contributed by atoms with Crippen molar-refractivity contribution in [3.8, 4) is 0 Å². The minimum atomic E-state index is -3.79. The Morgan fingerprint density at radius 1 is 1.12 bits per heavy atom. The molecule has 1 aromatic heterocycles. The smallest absolute Gasteiger partial charge is 0.245 e. The van der Waals surface area contributed by atoms with E-state index < -0.39 is 10.0 Å². The molecule has 1 amide bonds. The highest BCUT2D eigenvalue weighted by atomic mass is 35.5. The van der Waals surface area contributed by atoms with Gasteiger partial charge in [-0.3, -0.25) is 9.78 Å². The van der Waals surface area contributed by atoms with E-state index in [1.54, 1.807) is 6.07 Å². The molecule has 0 atom stereocenters. The van der Waals surface area contributed by atoms with E-state index in [0.29, 0.717) is 31.7 Å². The summed E-state index contributed by atoms with van der Waals surface area (Å²) in [6.45, 7) is 3.02. The lowest BCUT2D eigenvalue weighted by atomic mass is 9.93. The monoisotopic (exact) mass is 526 g/mol. The predicted molar refractivity (Wildman–Crippen MR) is 137 cm³/mol. The third-order valence-electron chi connectivity index (χ3n) is 6.23. The van der Waals surface area contributed by atoms with Gasteiger partial charge in [-0.2, -0.15) is 0 Å². The molecule has 1 aliphatic heterocycles. The normalized spacial score (nSPS) is 15.0. The number of piperidine rings is 1. The molecule has 0 radical (unpaired) electrons. The van der Waals surface area contributed by atoms with Gasteiger partial charge < -0.3 is 10.2 Å². The van der Waals surface area contributed by atoms with Crippen molar-refractivity contribution >= 4 is 44.8 Å². The molecule has 1 N–H and O–H groups in total. The van der Waals surface area contributed by atoms with Crippen LogP contribution in [0.1, 0.15) is 38.5 Å². The standard InChI is InChI=1S/C24H32Cl2N4O3S/c1-29(34(32,33)24-21(25)5-4-6-22(24)26)16-3-2-7-23(31)28-15-8-19-11-17-30(18-12-19)20-9-13-27-14-10-20/h4-6,9-10,13-14,19H,2-3,7-8,11-12,15-18H2,1H3,(H,28,31). The molecule has 1 fully saturated rings. The number of nitrogens with zero attached hydrogens (tertiary/aromatic N) is 3. The number of carbonyl (C=O) groups excluding carboxylic acids is 1. The number of rotatable bonds is 11. The topological polar surface area (TPSA) is 82.6 Å². The number of anilines is 1. The van der Waals surface area contributed by atoms with E-state index in [-0.39, 0.29) is 27.4 Å². The van der Waals surface area contributed by atoms with Crippen LogP contribution in [0.25, 0.3) is 0 Å². The Balaban J connectivity index is 1.30. The Morgan fingerprint density at radius 3 is 2.41 bits per heavy atom. The van der Waals surface area contributed by atoms with Gasteiger partial charge in [-0.15, -0.1) is 0 Å². The maximum Gasteiger partial charge on any atom is 0.245 e. The van der Waals surface area contributed by atoms with Crippen molar-refractivity contribution in [2.45, 2.75) is 43.4 Å². The van der Waals surface area contributed by atoms with Crippen LogP contribution in [0, 0.1) is 5.92 Å². The molecule has 1 aromatic carbocycles. The molecule has 2 heterocycles. The fraction of sp³-hybridized carbons (Fsp3) is 0.500. The molecule has 0 saturated carbocycles. The van der Waals surface area contributed by atoms with E-state index in [1.807, 2.05) is 24.5 Å². The quantitative estimate of drug-likeness (QED) is 0.432. The SMILES string of the molecule is CN(CCCCC(=O)NCCC1CCN(c2ccncc2)CC1)S(=O)(=O)c1c(Cl)cccc1Cl. The number of amides is 1. The first-order chi connectivity index (χ1) is 16.3. The zero-order valence-corrected chi connectivity index (χ0v) is 21.7. The Kier molecular flexibility index (Phi) is 10.0. The van der Waals surface area contributed by atoms with E-state index in [0.717, 1.165) is 32.4 Å². The van der Waals surface area contributed by atoms with Crippen LogP contribution >= 0.6 is 23.2 Å². The van der Waals surface area contributed by atoms with Gasteiger partial charge in [-0.25, -0.2) is 12.7 Å². The van der Waals surface area contributed by atoms with Crippen molar-refractivity contribution in [1.29, 1.82) is 0 Å². The lowest BCUT2D eigenvalue weighted by molar-refractivity contribution is -0.121. The molecule has 1 aliphatic rings. The number of pyridine rings is 1. The number of sulfonamides is 1. The third-order valence-corrected chi connectivity index (χ3v) is 9.04. The Bertz CT molecular complexity index is 1030. The highest BCUT2D eigenvalue weighted by Crippen LogP contribution is 2.31. The van der Waals surface area contributed by atoms with Crippen LogP contribution in [0.4, 0.5) is 5.69 Å². The van der Waals surface area contributed by atoms with Crippen LogP contribution in [-0.2, 0) is 14.8 Å². The van der Waals surface area contributed by atoms with Crippen molar-refractivity contribution in [3.05, 3.63) is 52.8 Å². The number of halogens is 2. The van der Waals surface area contributed by atoms with Gasteiger partial charge in [0.05, 0.1) is 10.0 Å². The Labute approximate surface area is 212 Å². The average Bonchev–Trinajstić information content (AvgIpc) is 2.82. The summed E-state index contributed by atoms with van der Waals surface area (Å²) in [5.41, 5.74) is 1.22. The Hall–Kier alpha value is -1.87. The van der Waals surface area contributed by atoms with Crippen LogP contribution < -0.4 is 10.2 Å². The van der Waals surface area contributed by atoms with E-state index in [1.165, 1.54) is 29.2 Å². The number of aromatic nitrogens is 1. The summed E-state index contributed by atoms with van der Waals surface area (Å²) in [6.07, 6.45) is 8.41. The first-order valence-corrected chi connectivity index (χ1v) is 13.8. The lowest BCUT2D eigenvalue weighted by Gasteiger charge is -2.33. The van der Waals surface area contributed by atoms with E-state index in [2.05, 4.69) is 15.2 Å². The van der Waals surface area contributed by atoms with Crippen molar-refractivity contribution in [3.63, 3.8) is 0 Å². The number of nitrogens with one attached hydrogen (secondary N) is 1. The van der Waals surface area contributed by atoms with Crippen LogP contribution in [0.3, 0.4) is 0 Å². The minimum absolute atomic E-state index is 0.00822. The van der Waals surface area contributed by atoms with Gasteiger partial charge in [0.15, 0.2) is 0 Å². The number of benzene rings is 1. The van der Waals surface area contributed by atoms with Crippen LogP contribution in [0.15, 0.2) is 47.6 Å². The summed E-state index contributed by atoms with van der Waals surface area (Å²) >= 11 is 12.1. The molecular weight excluding hydrogens is 495 g/mol. The van der Waals surface area contributed by atoms with Crippen molar-refractivity contribution in [1.82, 2.24) is 14.6 Å². The number of unbranched alkanes of at least 4 members (excludes halogenated alkanes) is 1. The van der Waals surface area contributed by atoms with E-state index >= 15 is 0 Å². The molecular formula is C24H32Cl2N4O3S. The number of hydrogen-bond acceptors (Lipinski definition) is 5. The number of hydrogen-bond donors (Lipinski definition) is 1. The molecule has 34 heavy (non-hydrogen) atoms. The summed E-state index contributed by atoms with van der Waals surface area (Å²) in [5.74, 6) is 0.628. The minimum Gasteiger partial charge on any atom is -0.371 e. The van der Waals surface area contributed by atoms with Crippen molar-refractivity contribution < 1.29 is 13.2 Å². The van der Waals surface area contributed by atoms with Crippen LogP contribution in [-0.4, -0.2) is 56.8 Å². The van der Waals surface area contributed by atoms with Gasteiger partial charge in [-0.05, 0) is 62.3 Å². The van der Waals surface area contributed by atoms with Gasteiger partial charge in [0, 0.05) is 57.7 Å². The molecule has 0 spiro atoms. The summed E-state index contributed by atoms with van der Waals surface area (Å²) in [7, 11) is -2.29. The van der Waals surface area contributed by atoms with Crippen LogP contribution in [0.5, 0.6) is 0 Å². The van der Waals surface area contributed by atoms with Gasteiger partial charge in [0.2, 0.25) is 15.9 Å². The fourth-order valence-electron chi connectivity index (χ4n) is 4.16. The zero-order chi connectivity index (χ0) is 24.6. The number of carbonyl (C=O) groups is 1. The maximum absolute atomic E-state index is 12.8. The average molecular weight is 528 g/mol. The highest BCUT2D eigenvalue weighted by Gasteiger charge is 2.26. The van der Waals surface area contributed by atoms with E-state index in [9.17, 15) is 13.2 Å². The largest absolute Gasteiger partial charge is 0.371 e. The molecule has 186 valence electrons. The first-order valence-electron chi connectivity index (χ1n) is 11.6.